The number of benzene rings is 1. The highest BCUT2D eigenvalue weighted by molar-refractivity contribution is 5.30. The third kappa shape index (κ3) is 3.60. The summed E-state index contributed by atoms with van der Waals surface area (Å²) in [5.41, 5.74) is 0. The second-order valence-corrected chi connectivity index (χ2v) is 4.48. The molecule has 1 saturated heterocycles. The summed E-state index contributed by atoms with van der Waals surface area (Å²) in [6, 6.07) is 7.17. The standard InChI is InChI=1S/C13H18O5/c1-13(2)16-9-12(17-13)8-15-10-4-6-11(7-5-10)18-14-3/h4-7,12H,8-9H2,1-3H3. The third-order valence-corrected chi connectivity index (χ3v) is 2.51. The van der Waals surface area contributed by atoms with Gasteiger partial charge in [0.25, 0.3) is 0 Å². The third-order valence-electron chi connectivity index (χ3n) is 2.51. The molecule has 5 heteroatoms. The topological polar surface area (TPSA) is 46.2 Å². The second-order valence-electron chi connectivity index (χ2n) is 4.48. The van der Waals surface area contributed by atoms with E-state index in [1.54, 1.807) is 12.1 Å². The predicted molar refractivity (Wildman–Crippen MR) is 64.5 cm³/mol. The first-order valence-electron chi connectivity index (χ1n) is 5.84. The predicted octanol–water partition coefficient (Wildman–Crippen LogP) is 2.16. The summed E-state index contributed by atoms with van der Waals surface area (Å²) in [4.78, 5) is 9.42. The maximum absolute atomic E-state index is 5.64. The van der Waals surface area contributed by atoms with Crippen LogP contribution >= 0.6 is 0 Å². The number of hydrogen-bond acceptors (Lipinski definition) is 5. The Balaban J connectivity index is 1.80. The molecule has 0 radical (unpaired) electrons. The normalized spacial score (nSPS) is 21.8. The lowest BCUT2D eigenvalue weighted by atomic mass is 10.3. The summed E-state index contributed by atoms with van der Waals surface area (Å²) in [7, 11) is 1.46. The zero-order chi connectivity index (χ0) is 13.0. The number of rotatable bonds is 5. The van der Waals surface area contributed by atoms with E-state index in [0.717, 1.165) is 5.75 Å². The van der Waals surface area contributed by atoms with Gasteiger partial charge in [-0.2, -0.15) is 4.89 Å². The molecule has 0 N–H and O–H groups in total. The van der Waals surface area contributed by atoms with Crippen molar-refractivity contribution in [2.45, 2.75) is 25.7 Å². The Bertz CT molecular complexity index is 373. The van der Waals surface area contributed by atoms with Gasteiger partial charge < -0.3 is 19.1 Å². The average Bonchev–Trinajstić information content (AvgIpc) is 2.69. The average molecular weight is 254 g/mol. The minimum atomic E-state index is -0.510. The molecule has 0 aromatic heterocycles. The van der Waals surface area contributed by atoms with E-state index in [-0.39, 0.29) is 6.10 Å². The molecule has 0 saturated carbocycles. The molecule has 5 nitrogen and oxygen atoms in total. The molecule has 0 aliphatic carbocycles. The fourth-order valence-electron chi connectivity index (χ4n) is 1.72. The van der Waals surface area contributed by atoms with E-state index in [0.29, 0.717) is 19.0 Å². The molecule has 1 aliphatic rings. The SMILES string of the molecule is COOc1ccc(OCC2COC(C)(C)O2)cc1. The fraction of sp³-hybridized carbons (Fsp3) is 0.538. The first-order valence-corrected chi connectivity index (χ1v) is 5.84. The minimum Gasteiger partial charge on any atom is -0.491 e. The van der Waals surface area contributed by atoms with Crippen LogP contribution in [-0.2, 0) is 14.4 Å². The minimum absolute atomic E-state index is 0.0325. The van der Waals surface area contributed by atoms with Crippen molar-refractivity contribution in [3.63, 3.8) is 0 Å². The molecule has 1 aromatic carbocycles. The van der Waals surface area contributed by atoms with Crippen LogP contribution in [0.4, 0.5) is 0 Å². The number of hydrogen-bond donors (Lipinski definition) is 0. The van der Waals surface area contributed by atoms with Gasteiger partial charge in [-0.1, -0.05) is 0 Å². The van der Waals surface area contributed by atoms with Gasteiger partial charge >= 0.3 is 0 Å². The van der Waals surface area contributed by atoms with Gasteiger partial charge in [0.2, 0.25) is 0 Å². The summed E-state index contributed by atoms with van der Waals surface area (Å²) in [6.07, 6.45) is -0.0325. The summed E-state index contributed by atoms with van der Waals surface area (Å²) < 4.78 is 16.7. The smallest absolute Gasteiger partial charge is 0.165 e. The van der Waals surface area contributed by atoms with Crippen molar-refractivity contribution in [2.75, 3.05) is 20.3 Å². The van der Waals surface area contributed by atoms with Gasteiger partial charge in [0.1, 0.15) is 18.5 Å². The van der Waals surface area contributed by atoms with Crippen LogP contribution in [0.3, 0.4) is 0 Å². The van der Waals surface area contributed by atoms with Gasteiger partial charge in [-0.05, 0) is 38.1 Å². The summed E-state index contributed by atoms with van der Waals surface area (Å²) in [5.74, 6) is 0.877. The van der Waals surface area contributed by atoms with Crippen LogP contribution in [0.2, 0.25) is 0 Å². The van der Waals surface area contributed by atoms with Crippen molar-refractivity contribution in [2.24, 2.45) is 0 Å². The molecule has 0 bridgehead atoms. The highest BCUT2D eigenvalue weighted by Gasteiger charge is 2.32. The molecule has 2 rings (SSSR count). The zero-order valence-electron chi connectivity index (χ0n) is 10.8. The van der Waals surface area contributed by atoms with E-state index in [1.807, 2.05) is 26.0 Å². The molecule has 1 aromatic rings. The Kier molecular flexibility index (Phi) is 4.06. The first-order chi connectivity index (χ1) is 8.59. The van der Waals surface area contributed by atoms with E-state index in [1.165, 1.54) is 7.11 Å². The molecule has 100 valence electrons. The molecular formula is C13H18O5. The van der Waals surface area contributed by atoms with Gasteiger partial charge in [0, 0.05) is 0 Å². The maximum atomic E-state index is 5.64. The molecule has 0 spiro atoms. The molecule has 18 heavy (non-hydrogen) atoms. The van der Waals surface area contributed by atoms with Gasteiger partial charge in [-0.15, -0.1) is 0 Å². The van der Waals surface area contributed by atoms with Gasteiger partial charge in [0.15, 0.2) is 11.5 Å². The van der Waals surface area contributed by atoms with Gasteiger partial charge in [-0.25, -0.2) is 0 Å². The zero-order valence-corrected chi connectivity index (χ0v) is 10.8. The highest BCUT2D eigenvalue weighted by atomic mass is 17.2. The van der Waals surface area contributed by atoms with Crippen molar-refractivity contribution in [3.8, 4) is 11.5 Å². The van der Waals surface area contributed by atoms with Crippen molar-refractivity contribution in [1.82, 2.24) is 0 Å². The highest BCUT2D eigenvalue weighted by Crippen LogP contribution is 2.23. The lowest BCUT2D eigenvalue weighted by molar-refractivity contribution is -0.178. The Labute approximate surface area is 106 Å². The Morgan fingerprint density at radius 3 is 2.44 bits per heavy atom. The quantitative estimate of drug-likeness (QED) is 0.595. The van der Waals surface area contributed by atoms with Crippen LogP contribution in [0.5, 0.6) is 11.5 Å². The van der Waals surface area contributed by atoms with Crippen LogP contribution < -0.4 is 9.62 Å². The van der Waals surface area contributed by atoms with Crippen molar-refractivity contribution in [1.29, 1.82) is 0 Å². The monoisotopic (exact) mass is 254 g/mol. The molecular weight excluding hydrogens is 236 g/mol. The van der Waals surface area contributed by atoms with Crippen LogP contribution in [0.1, 0.15) is 13.8 Å². The Morgan fingerprint density at radius 2 is 1.89 bits per heavy atom. The first kappa shape index (κ1) is 13.1. The van der Waals surface area contributed by atoms with Crippen LogP contribution in [0, 0.1) is 0 Å². The van der Waals surface area contributed by atoms with Gasteiger partial charge in [0.05, 0.1) is 13.7 Å². The molecule has 1 atom stereocenters. The van der Waals surface area contributed by atoms with Crippen molar-refractivity contribution < 1.29 is 24.0 Å². The van der Waals surface area contributed by atoms with E-state index >= 15 is 0 Å². The Hall–Kier alpha value is -1.30. The summed E-state index contributed by atoms with van der Waals surface area (Å²) in [6.45, 7) is 4.81. The van der Waals surface area contributed by atoms with E-state index in [2.05, 4.69) is 4.89 Å². The Morgan fingerprint density at radius 1 is 1.22 bits per heavy atom. The maximum Gasteiger partial charge on any atom is 0.165 e. The fourth-order valence-corrected chi connectivity index (χ4v) is 1.72. The summed E-state index contributed by atoms with van der Waals surface area (Å²) >= 11 is 0. The van der Waals surface area contributed by atoms with E-state index < -0.39 is 5.79 Å². The van der Waals surface area contributed by atoms with Crippen LogP contribution in [-0.4, -0.2) is 32.2 Å². The second kappa shape index (κ2) is 5.56. The molecule has 0 amide bonds. The lowest BCUT2D eigenvalue weighted by Crippen LogP contribution is -2.25. The molecule has 1 unspecified atom stereocenters. The van der Waals surface area contributed by atoms with Crippen LogP contribution in [0.15, 0.2) is 24.3 Å². The lowest BCUT2D eigenvalue weighted by Gasteiger charge is -2.17. The van der Waals surface area contributed by atoms with Gasteiger partial charge in [-0.3, -0.25) is 0 Å². The largest absolute Gasteiger partial charge is 0.491 e. The van der Waals surface area contributed by atoms with Crippen LogP contribution in [0.25, 0.3) is 0 Å². The van der Waals surface area contributed by atoms with E-state index in [4.69, 9.17) is 19.1 Å². The van der Waals surface area contributed by atoms with Crippen molar-refractivity contribution in [3.05, 3.63) is 24.3 Å². The number of ether oxygens (including phenoxy) is 3. The molecule has 1 fully saturated rings. The van der Waals surface area contributed by atoms with Crippen molar-refractivity contribution >= 4 is 0 Å². The van der Waals surface area contributed by atoms with E-state index in [9.17, 15) is 0 Å². The molecule has 1 heterocycles. The summed E-state index contributed by atoms with van der Waals surface area (Å²) in [5, 5.41) is 0. The molecule has 1 aliphatic heterocycles.